The molecule has 0 aromatic carbocycles. The van der Waals surface area contributed by atoms with Gasteiger partial charge in [0.15, 0.2) is 5.41 Å². The minimum Gasteiger partial charge on any atom is -0.460 e. The molecule has 1 aliphatic heterocycles. The molecule has 0 N–H and O–H groups in total. The summed E-state index contributed by atoms with van der Waals surface area (Å²) >= 11 is 0. The van der Waals surface area contributed by atoms with Gasteiger partial charge in [-0.05, 0) is 40.5 Å². The standard InChI is InChI=1S/C19H25F3O6/c1-6-18(5,19(20,21)22)16(25)27-13-9-7-8-10(14(23)26-12(8)13)11(9)15(24)28-17(2,3)4/h8-13H,6-7H2,1-5H3. The van der Waals surface area contributed by atoms with Gasteiger partial charge in [0.2, 0.25) is 0 Å². The Morgan fingerprint density at radius 2 is 1.75 bits per heavy atom. The number of hydrogen-bond donors (Lipinski definition) is 0. The van der Waals surface area contributed by atoms with Crippen molar-refractivity contribution in [2.75, 3.05) is 0 Å². The molecule has 0 aromatic rings. The van der Waals surface area contributed by atoms with Crippen LogP contribution in [0.1, 0.15) is 47.5 Å². The van der Waals surface area contributed by atoms with E-state index in [9.17, 15) is 27.6 Å². The van der Waals surface area contributed by atoms with Gasteiger partial charge in [0.25, 0.3) is 0 Å². The summed E-state index contributed by atoms with van der Waals surface area (Å²) in [7, 11) is 0. The monoisotopic (exact) mass is 406 g/mol. The Labute approximate surface area is 161 Å². The van der Waals surface area contributed by atoms with E-state index in [1.54, 1.807) is 20.8 Å². The van der Waals surface area contributed by atoms with Gasteiger partial charge in [-0.1, -0.05) is 6.92 Å². The summed E-state index contributed by atoms with van der Waals surface area (Å²) in [5.74, 6) is -5.14. The minimum absolute atomic E-state index is 0.355. The maximum atomic E-state index is 13.4. The molecular formula is C19H25F3O6. The molecule has 0 radical (unpaired) electrons. The van der Waals surface area contributed by atoms with Gasteiger partial charge >= 0.3 is 24.1 Å². The zero-order chi connectivity index (χ0) is 21.2. The first-order valence-electron chi connectivity index (χ1n) is 9.42. The molecule has 2 bridgehead atoms. The largest absolute Gasteiger partial charge is 0.460 e. The molecule has 0 amide bonds. The van der Waals surface area contributed by atoms with Crippen molar-refractivity contribution in [3.05, 3.63) is 0 Å². The van der Waals surface area contributed by atoms with Crippen molar-refractivity contribution in [2.24, 2.45) is 29.1 Å². The first kappa shape index (κ1) is 20.9. The van der Waals surface area contributed by atoms with Gasteiger partial charge in [-0.3, -0.25) is 14.4 Å². The third-order valence-electron chi connectivity index (χ3n) is 6.25. The molecule has 1 saturated heterocycles. The van der Waals surface area contributed by atoms with Gasteiger partial charge in [0, 0.05) is 11.8 Å². The van der Waals surface area contributed by atoms with Crippen LogP contribution < -0.4 is 0 Å². The van der Waals surface area contributed by atoms with Crippen LogP contribution in [0, 0.1) is 29.1 Å². The summed E-state index contributed by atoms with van der Waals surface area (Å²) in [5, 5.41) is 0. The van der Waals surface area contributed by atoms with Crippen molar-refractivity contribution < 1.29 is 41.8 Å². The van der Waals surface area contributed by atoms with Crippen LogP contribution in [0.5, 0.6) is 0 Å². The van der Waals surface area contributed by atoms with Crippen molar-refractivity contribution in [1.29, 1.82) is 0 Å². The van der Waals surface area contributed by atoms with Crippen LogP contribution in [0.2, 0.25) is 0 Å². The molecule has 158 valence electrons. The van der Waals surface area contributed by atoms with Gasteiger partial charge in [-0.25, -0.2) is 0 Å². The molecular weight excluding hydrogens is 381 g/mol. The summed E-state index contributed by atoms with van der Waals surface area (Å²) in [5.41, 5.74) is -3.46. The lowest BCUT2D eigenvalue weighted by molar-refractivity contribution is -0.237. The molecule has 7 unspecified atom stereocenters. The van der Waals surface area contributed by atoms with Crippen molar-refractivity contribution in [3.63, 3.8) is 0 Å². The van der Waals surface area contributed by atoms with Gasteiger partial charge in [-0.15, -0.1) is 0 Å². The van der Waals surface area contributed by atoms with E-state index in [0.29, 0.717) is 6.42 Å². The van der Waals surface area contributed by atoms with Gasteiger partial charge < -0.3 is 14.2 Å². The molecule has 1 heterocycles. The lowest BCUT2D eigenvalue weighted by Crippen LogP contribution is -2.49. The fourth-order valence-corrected chi connectivity index (χ4v) is 4.55. The third kappa shape index (κ3) is 3.06. The topological polar surface area (TPSA) is 78.9 Å². The molecule has 2 saturated carbocycles. The highest BCUT2D eigenvalue weighted by molar-refractivity contribution is 5.86. The molecule has 6 nitrogen and oxygen atoms in total. The Kier molecular flexibility index (Phi) is 4.75. The van der Waals surface area contributed by atoms with Crippen LogP contribution in [0.15, 0.2) is 0 Å². The quantitative estimate of drug-likeness (QED) is 0.528. The van der Waals surface area contributed by atoms with Crippen LogP contribution in [0.3, 0.4) is 0 Å². The molecule has 9 heteroatoms. The molecule has 28 heavy (non-hydrogen) atoms. The summed E-state index contributed by atoms with van der Waals surface area (Å²) in [6.45, 7) is 7.09. The minimum atomic E-state index is -4.78. The van der Waals surface area contributed by atoms with E-state index in [1.807, 2.05) is 0 Å². The maximum absolute atomic E-state index is 13.4. The summed E-state index contributed by atoms with van der Waals surface area (Å²) in [4.78, 5) is 37.4. The van der Waals surface area contributed by atoms with Gasteiger partial charge in [-0.2, -0.15) is 13.2 Å². The molecule has 0 spiro atoms. The number of rotatable bonds is 4. The van der Waals surface area contributed by atoms with Crippen LogP contribution in [-0.2, 0) is 28.6 Å². The summed E-state index contributed by atoms with van der Waals surface area (Å²) in [6.07, 6.45) is -6.78. The number of alkyl halides is 3. The first-order valence-corrected chi connectivity index (χ1v) is 9.42. The first-order chi connectivity index (χ1) is 12.7. The second kappa shape index (κ2) is 6.35. The fourth-order valence-electron chi connectivity index (χ4n) is 4.55. The van der Waals surface area contributed by atoms with Gasteiger partial charge in [0.05, 0.1) is 11.8 Å². The number of carbonyl (C=O) groups is 3. The smallest absolute Gasteiger partial charge is 0.404 e. The van der Waals surface area contributed by atoms with E-state index < -0.39 is 71.5 Å². The lowest BCUT2D eigenvalue weighted by Gasteiger charge is -2.35. The second-order valence-corrected chi connectivity index (χ2v) is 9.10. The van der Waals surface area contributed by atoms with E-state index in [4.69, 9.17) is 14.2 Å². The van der Waals surface area contributed by atoms with Crippen LogP contribution in [-0.4, -0.2) is 41.9 Å². The second-order valence-electron chi connectivity index (χ2n) is 9.10. The SMILES string of the molecule is CCC(C)(C(=O)OC1C2CC3C1OC(=O)C3C2C(=O)OC(C)(C)C)C(F)(F)F. The number of esters is 3. The van der Waals surface area contributed by atoms with Crippen molar-refractivity contribution in [1.82, 2.24) is 0 Å². The van der Waals surface area contributed by atoms with Crippen molar-refractivity contribution >= 4 is 17.9 Å². The van der Waals surface area contributed by atoms with Crippen LogP contribution >= 0.6 is 0 Å². The average Bonchev–Trinajstić information content (AvgIpc) is 3.14. The number of fused-ring (bicyclic) bond motifs is 1. The summed E-state index contributed by atoms with van der Waals surface area (Å²) < 4.78 is 56.2. The van der Waals surface area contributed by atoms with Crippen LogP contribution in [0.4, 0.5) is 13.2 Å². The highest BCUT2D eigenvalue weighted by Crippen LogP contribution is 2.59. The molecule has 3 rings (SSSR count). The lowest BCUT2D eigenvalue weighted by atomic mass is 9.78. The molecule has 2 aliphatic carbocycles. The van der Waals surface area contributed by atoms with Crippen molar-refractivity contribution in [2.45, 2.75) is 71.4 Å². The van der Waals surface area contributed by atoms with Crippen LogP contribution in [0.25, 0.3) is 0 Å². The molecule has 3 fully saturated rings. The molecule has 0 aromatic heterocycles. The van der Waals surface area contributed by atoms with E-state index in [-0.39, 0.29) is 5.92 Å². The third-order valence-corrected chi connectivity index (χ3v) is 6.25. The average molecular weight is 406 g/mol. The fraction of sp³-hybridized carbons (Fsp3) is 0.842. The van der Waals surface area contributed by atoms with E-state index in [1.165, 1.54) is 6.92 Å². The highest BCUT2D eigenvalue weighted by Gasteiger charge is 2.71. The Bertz CT molecular complexity index is 697. The normalized spacial score (nSPS) is 36.1. The number of halogens is 3. The van der Waals surface area contributed by atoms with E-state index in [0.717, 1.165) is 6.92 Å². The Morgan fingerprint density at radius 3 is 2.25 bits per heavy atom. The number of hydrogen-bond acceptors (Lipinski definition) is 6. The van der Waals surface area contributed by atoms with Gasteiger partial charge in [0.1, 0.15) is 17.8 Å². The predicted octanol–water partition coefficient (Wildman–Crippen LogP) is 3.03. The zero-order valence-corrected chi connectivity index (χ0v) is 16.5. The summed E-state index contributed by atoms with van der Waals surface area (Å²) in [6, 6.07) is 0. The highest BCUT2D eigenvalue weighted by atomic mass is 19.4. The Morgan fingerprint density at radius 1 is 1.14 bits per heavy atom. The maximum Gasteiger partial charge on any atom is 0.404 e. The Balaban J connectivity index is 1.85. The van der Waals surface area contributed by atoms with E-state index in [2.05, 4.69) is 0 Å². The van der Waals surface area contributed by atoms with Crippen molar-refractivity contribution in [3.8, 4) is 0 Å². The molecule has 3 aliphatic rings. The molecule has 7 atom stereocenters. The Hall–Kier alpha value is -1.80. The number of carbonyl (C=O) groups excluding carboxylic acids is 3. The number of ether oxygens (including phenoxy) is 3. The predicted molar refractivity (Wildman–Crippen MR) is 88.6 cm³/mol. The zero-order valence-electron chi connectivity index (χ0n) is 16.5. The van der Waals surface area contributed by atoms with E-state index >= 15 is 0 Å².